The fraction of sp³-hybridized carbons (Fsp3) is 0. The summed E-state index contributed by atoms with van der Waals surface area (Å²) in [6.07, 6.45) is 2.69. The molecule has 1 aromatic heterocycles. The van der Waals surface area contributed by atoms with Gasteiger partial charge in [0.15, 0.2) is 0 Å². The van der Waals surface area contributed by atoms with Gasteiger partial charge in [-0.3, -0.25) is 4.79 Å². The van der Waals surface area contributed by atoms with Crippen LogP contribution in [-0.4, -0.2) is 9.97 Å². The van der Waals surface area contributed by atoms with Crippen molar-refractivity contribution < 1.29 is 4.39 Å². The van der Waals surface area contributed by atoms with E-state index in [-0.39, 0.29) is 11.4 Å². The first-order chi connectivity index (χ1) is 6.75. The highest BCUT2D eigenvalue weighted by Crippen LogP contribution is 2.14. The predicted molar refractivity (Wildman–Crippen MR) is 50.3 cm³/mol. The third-order valence-electron chi connectivity index (χ3n) is 1.81. The molecule has 0 saturated heterocycles. The average Bonchev–Trinajstić information content (AvgIpc) is 2.21. The third-order valence-corrected chi connectivity index (χ3v) is 1.81. The first kappa shape index (κ1) is 8.62. The maximum atomic E-state index is 12.6. The number of aromatic nitrogens is 2. The van der Waals surface area contributed by atoms with Crippen molar-refractivity contribution >= 4 is 0 Å². The number of H-pyrrole nitrogens is 1. The summed E-state index contributed by atoms with van der Waals surface area (Å²) in [5, 5.41) is 0. The maximum absolute atomic E-state index is 12.6. The van der Waals surface area contributed by atoms with Gasteiger partial charge in [-0.25, -0.2) is 9.37 Å². The van der Waals surface area contributed by atoms with Crippen LogP contribution >= 0.6 is 0 Å². The molecule has 0 atom stereocenters. The minimum absolute atomic E-state index is 0.254. The van der Waals surface area contributed by atoms with E-state index in [1.165, 1.54) is 24.5 Å². The molecule has 1 heterocycles. The lowest BCUT2D eigenvalue weighted by Crippen LogP contribution is -2.04. The summed E-state index contributed by atoms with van der Waals surface area (Å²) >= 11 is 0. The van der Waals surface area contributed by atoms with Gasteiger partial charge in [-0.15, -0.1) is 0 Å². The molecule has 4 heteroatoms. The van der Waals surface area contributed by atoms with Crippen molar-refractivity contribution in [3.8, 4) is 11.3 Å². The highest BCUT2D eigenvalue weighted by Gasteiger charge is 1.98. The van der Waals surface area contributed by atoms with E-state index >= 15 is 0 Å². The topological polar surface area (TPSA) is 45.8 Å². The van der Waals surface area contributed by atoms with Gasteiger partial charge in [0.05, 0.1) is 11.9 Å². The summed E-state index contributed by atoms with van der Waals surface area (Å²) in [4.78, 5) is 17.1. The SMILES string of the molecule is O=c1cnc(-c2ccc(F)cc2)c[nH]1. The Morgan fingerprint density at radius 2 is 1.93 bits per heavy atom. The van der Waals surface area contributed by atoms with Crippen molar-refractivity contribution in [1.29, 1.82) is 0 Å². The second-order valence-corrected chi connectivity index (χ2v) is 2.80. The maximum Gasteiger partial charge on any atom is 0.266 e. The summed E-state index contributed by atoms with van der Waals surface area (Å²) in [5.41, 5.74) is 1.13. The highest BCUT2D eigenvalue weighted by atomic mass is 19.1. The van der Waals surface area contributed by atoms with E-state index in [1.54, 1.807) is 12.1 Å². The first-order valence-corrected chi connectivity index (χ1v) is 4.06. The van der Waals surface area contributed by atoms with Crippen LogP contribution in [0.3, 0.4) is 0 Å². The zero-order valence-electron chi connectivity index (χ0n) is 7.20. The Bertz CT molecular complexity index is 470. The molecule has 0 aliphatic rings. The molecule has 0 aliphatic carbocycles. The van der Waals surface area contributed by atoms with Crippen LogP contribution in [0.4, 0.5) is 4.39 Å². The Morgan fingerprint density at radius 3 is 2.50 bits per heavy atom. The summed E-state index contributed by atoms with van der Waals surface area (Å²) in [6, 6.07) is 5.91. The van der Waals surface area contributed by atoms with Crippen LogP contribution < -0.4 is 5.56 Å². The number of hydrogen-bond donors (Lipinski definition) is 1. The van der Waals surface area contributed by atoms with Gasteiger partial charge in [0.25, 0.3) is 5.56 Å². The van der Waals surface area contributed by atoms with E-state index in [2.05, 4.69) is 9.97 Å². The molecule has 0 spiro atoms. The Morgan fingerprint density at radius 1 is 1.21 bits per heavy atom. The smallest absolute Gasteiger partial charge is 0.266 e. The Balaban J connectivity index is 2.44. The molecule has 0 unspecified atom stereocenters. The van der Waals surface area contributed by atoms with Crippen LogP contribution in [0, 0.1) is 5.82 Å². The van der Waals surface area contributed by atoms with Crippen LogP contribution in [0.25, 0.3) is 11.3 Å². The van der Waals surface area contributed by atoms with Crippen LogP contribution in [-0.2, 0) is 0 Å². The summed E-state index contributed by atoms with van der Waals surface area (Å²) in [5.74, 6) is -0.293. The lowest BCUT2D eigenvalue weighted by atomic mass is 10.2. The van der Waals surface area contributed by atoms with Crippen LogP contribution in [0.2, 0.25) is 0 Å². The van der Waals surface area contributed by atoms with E-state index in [4.69, 9.17) is 0 Å². The summed E-state index contributed by atoms with van der Waals surface area (Å²) in [7, 11) is 0. The predicted octanol–water partition coefficient (Wildman–Crippen LogP) is 1.58. The number of hydrogen-bond acceptors (Lipinski definition) is 2. The van der Waals surface area contributed by atoms with E-state index in [1.807, 2.05) is 0 Å². The molecule has 0 aliphatic heterocycles. The van der Waals surface area contributed by atoms with Crippen molar-refractivity contribution in [2.75, 3.05) is 0 Å². The zero-order valence-corrected chi connectivity index (χ0v) is 7.20. The Labute approximate surface area is 79.3 Å². The van der Waals surface area contributed by atoms with Crippen LogP contribution in [0.5, 0.6) is 0 Å². The van der Waals surface area contributed by atoms with Gasteiger partial charge in [0, 0.05) is 11.8 Å². The molecule has 2 rings (SSSR count). The first-order valence-electron chi connectivity index (χ1n) is 4.06. The molecule has 0 saturated carbocycles. The lowest BCUT2D eigenvalue weighted by molar-refractivity contribution is 0.628. The molecular weight excluding hydrogens is 183 g/mol. The molecule has 14 heavy (non-hydrogen) atoms. The number of rotatable bonds is 1. The quantitative estimate of drug-likeness (QED) is 0.741. The largest absolute Gasteiger partial charge is 0.326 e. The molecule has 2 aromatic rings. The fourth-order valence-corrected chi connectivity index (χ4v) is 1.12. The standard InChI is InChI=1S/C10H7FN2O/c11-8-3-1-7(2-4-8)9-5-13-10(14)6-12-9/h1-6H,(H,13,14). The van der Waals surface area contributed by atoms with Gasteiger partial charge in [0.2, 0.25) is 0 Å². The lowest BCUT2D eigenvalue weighted by Gasteiger charge is -1.98. The number of aromatic amines is 1. The Kier molecular flexibility index (Phi) is 2.10. The van der Waals surface area contributed by atoms with Crippen molar-refractivity contribution in [1.82, 2.24) is 9.97 Å². The molecule has 70 valence electrons. The molecule has 0 bridgehead atoms. The highest BCUT2D eigenvalue weighted by molar-refractivity contribution is 5.57. The molecule has 1 N–H and O–H groups in total. The van der Waals surface area contributed by atoms with E-state index in [0.29, 0.717) is 5.69 Å². The van der Waals surface area contributed by atoms with Gasteiger partial charge in [-0.1, -0.05) is 0 Å². The molecule has 0 amide bonds. The second kappa shape index (κ2) is 3.41. The fourth-order valence-electron chi connectivity index (χ4n) is 1.12. The molecule has 0 radical (unpaired) electrons. The van der Waals surface area contributed by atoms with Crippen molar-refractivity contribution in [3.05, 3.63) is 52.8 Å². The van der Waals surface area contributed by atoms with Gasteiger partial charge in [0.1, 0.15) is 5.82 Å². The van der Waals surface area contributed by atoms with Gasteiger partial charge >= 0.3 is 0 Å². The third kappa shape index (κ3) is 1.69. The normalized spacial score (nSPS) is 10.1. The Hall–Kier alpha value is -1.97. The number of nitrogens with zero attached hydrogens (tertiary/aromatic N) is 1. The van der Waals surface area contributed by atoms with Crippen LogP contribution in [0.1, 0.15) is 0 Å². The van der Waals surface area contributed by atoms with E-state index in [0.717, 1.165) is 5.56 Å². The van der Waals surface area contributed by atoms with Crippen molar-refractivity contribution in [2.24, 2.45) is 0 Å². The molecule has 3 nitrogen and oxygen atoms in total. The number of nitrogens with one attached hydrogen (secondary N) is 1. The average molecular weight is 190 g/mol. The number of benzene rings is 1. The minimum atomic E-state index is -0.293. The van der Waals surface area contributed by atoms with E-state index in [9.17, 15) is 9.18 Å². The van der Waals surface area contributed by atoms with Crippen LogP contribution in [0.15, 0.2) is 41.5 Å². The summed E-state index contributed by atoms with van der Waals surface area (Å²) < 4.78 is 12.6. The summed E-state index contributed by atoms with van der Waals surface area (Å²) in [6.45, 7) is 0. The molecular formula is C10H7FN2O. The van der Waals surface area contributed by atoms with Gasteiger partial charge < -0.3 is 4.98 Å². The van der Waals surface area contributed by atoms with E-state index < -0.39 is 0 Å². The molecule has 0 fully saturated rings. The number of halogens is 1. The van der Waals surface area contributed by atoms with Gasteiger partial charge in [-0.2, -0.15) is 0 Å². The zero-order chi connectivity index (χ0) is 9.97. The van der Waals surface area contributed by atoms with Crippen molar-refractivity contribution in [3.63, 3.8) is 0 Å². The monoisotopic (exact) mass is 190 g/mol. The second-order valence-electron chi connectivity index (χ2n) is 2.80. The van der Waals surface area contributed by atoms with Crippen molar-refractivity contribution in [2.45, 2.75) is 0 Å². The molecule has 1 aromatic carbocycles. The minimum Gasteiger partial charge on any atom is -0.326 e. The van der Waals surface area contributed by atoms with Gasteiger partial charge in [-0.05, 0) is 24.3 Å².